The van der Waals surface area contributed by atoms with Crippen LogP contribution in [0, 0.1) is 53.7 Å². The van der Waals surface area contributed by atoms with Crippen LogP contribution < -0.4 is 0 Å². The molecule has 0 N–H and O–H groups in total. The van der Waals surface area contributed by atoms with E-state index in [2.05, 4.69) is 121 Å². The molecular weight excluding hydrogens is 767 g/mol. The minimum absolute atomic E-state index is 0. The van der Waals surface area contributed by atoms with Gasteiger partial charge in [0.2, 0.25) is 0 Å². The molecule has 0 aliphatic heterocycles. The number of aryl methyl sites for hydroxylation is 6. The van der Waals surface area contributed by atoms with Gasteiger partial charge in [0, 0.05) is 60.0 Å². The van der Waals surface area contributed by atoms with E-state index in [9.17, 15) is 0 Å². The average Bonchev–Trinajstić information content (AvgIpc) is 3.47. The van der Waals surface area contributed by atoms with Gasteiger partial charge in [-0.3, -0.25) is 4.98 Å². The minimum atomic E-state index is 0. The van der Waals surface area contributed by atoms with E-state index >= 15 is 0 Å². The van der Waals surface area contributed by atoms with Crippen LogP contribution in [0.1, 0.15) is 33.6 Å². The van der Waals surface area contributed by atoms with Crippen molar-refractivity contribution in [1.29, 1.82) is 0 Å². The summed E-state index contributed by atoms with van der Waals surface area (Å²) in [6, 6.07) is 37.9. The zero-order chi connectivity index (χ0) is 32.7. The summed E-state index contributed by atoms with van der Waals surface area (Å²) in [6.07, 6.45) is 3.80. The Hall–Kier alpha value is -4.96. The molecule has 4 aromatic heterocycles. The number of nitrogens with zero attached hydrogens (tertiary/aromatic N) is 3. The van der Waals surface area contributed by atoms with Crippen molar-refractivity contribution in [3.05, 3.63) is 149 Å². The van der Waals surface area contributed by atoms with Gasteiger partial charge in [0.05, 0.1) is 5.58 Å². The van der Waals surface area contributed by atoms with Crippen LogP contribution in [-0.2, 0) is 20.1 Å². The number of fused-ring (bicyclic) bond motifs is 5. The van der Waals surface area contributed by atoms with Crippen molar-refractivity contribution in [1.82, 2.24) is 15.0 Å². The Balaban J connectivity index is 0.000000168. The quantitative estimate of drug-likeness (QED) is 0.167. The van der Waals surface area contributed by atoms with Gasteiger partial charge in [0.25, 0.3) is 0 Å². The maximum atomic E-state index is 6.39. The molecule has 0 fully saturated rings. The van der Waals surface area contributed by atoms with E-state index in [1.165, 1.54) is 27.8 Å². The van der Waals surface area contributed by atoms with E-state index < -0.39 is 0 Å². The molecule has 48 heavy (non-hydrogen) atoms. The Morgan fingerprint density at radius 3 is 2.10 bits per heavy atom. The van der Waals surface area contributed by atoms with E-state index in [0.29, 0.717) is 0 Å². The Kier molecular flexibility index (Phi) is 9.37. The first kappa shape index (κ1) is 33.0. The van der Waals surface area contributed by atoms with Gasteiger partial charge in [0.1, 0.15) is 5.58 Å². The summed E-state index contributed by atoms with van der Waals surface area (Å²) in [5.74, 6) is 0. The molecule has 4 heterocycles. The molecule has 0 amide bonds. The number of rotatable bonds is 3. The van der Waals surface area contributed by atoms with Crippen molar-refractivity contribution in [3.8, 4) is 33.6 Å². The number of benzene rings is 4. The minimum Gasteiger partial charge on any atom is -0.500 e. The normalized spacial score (nSPS) is 11.0. The number of aromatic nitrogens is 3. The average molecular weight is 802 g/mol. The van der Waals surface area contributed by atoms with E-state index in [1.54, 1.807) is 0 Å². The Labute approximate surface area is 295 Å². The second-order valence-electron chi connectivity index (χ2n) is 12.3. The second kappa shape index (κ2) is 13.6. The van der Waals surface area contributed by atoms with Crippen LogP contribution >= 0.6 is 0 Å². The molecule has 0 spiro atoms. The van der Waals surface area contributed by atoms with E-state index in [1.807, 2.05) is 51.4 Å². The molecule has 0 bridgehead atoms. The molecule has 1 radical (unpaired) electrons. The van der Waals surface area contributed by atoms with Crippen LogP contribution in [0.2, 0.25) is 0 Å². The molecule has 8 aromatic rings. The van der Waals surface area contributed by atoms with E-state index in [0.717, 1.165) is 72.2 Å². The first-order chi connectivity index (χ1) is 22.8. The summed E-state index contributed by atoms with van der Waals surface area (Å²) in [5, 5.41) is 4.43. The first-order valence-corrected chi connectivity index (χ1v) is 15.8. The van der Waals surface area contributed by atoms with Crippen molar-refractivity contribution in [2.45, 2.75) is 41.5 Å². The van der Waals surface area contributed by atoms with Crippen LogP contribution in [0.3, 0.4) is 0 Å². The predicted octanol–water partition coefficient (Wildman–Crippen LogP) is 11.1. The molecule has 239 valence electrons. The topological polar surface area (TPSA) is 51.8 Å². The van der Waals surface area contributed by atoms with Gasteiger partial charge in [-0.2, -0.15) is 0 Å². The standard InChI is InChI=1S/C23H17N2O.C20H18N.Ir/c1-13-7-10-21(24-12-13)19-6-4-5-17-18-9-8-16-15(3)25-14(2)11-20(16)23(18)26-22(17)19;1-14-9-10-18(20-11-15(2)16(3)13-21-20)12-19(14)17-7-5-4-6-8-17;/h4-5,7-12H,1-3H3;4-9,11-13H,1-3H3;/q2*-1;. The summed E-state index contributed by atoms with van der Waals surface area (Å²) < 4.78 is 6.39. The number of pyridine rings is 3. The molecule has 0 aliphatic carbocycles. The summed E-state index contributed by atoms with van der Waals surface area (Å²) in [4.78, 5) is 13.7. The third-order valence-corrected chi connectivity index (χ3v) is 8.79. The SMILES string of the molecule is Cc1ccc(-c2[c-]ccc3c2oc2c4cc(C)nc(C)c4ccc32)nc1.Cc1cnc(-c2[c-]cc(C)c(-c3ccccc3)c2)cc1C.[Ir]. The van der Waals surface area contributed by atoms with Crippen molar-refractivity contribution < 1.29 is 24.5 Å². The summed E-state index contributed by atoms with van der Waals surface area (Å²) in [7, 11) is 0. The largest absolute Gasteiger partial charge is 0.500 e. The second-order valence-corrected chi connectivity index (χ2v) is 12.3. The van der Waals surface area contributed by atoms with Crippen LogP contribution in [0.15, 0.2) is 108 Å². The fourth-order valence-electron chi connectivity index (χ4n) is 6.07. The number of furan rings is 1. The van der Waals surface area contributed by atoms with Crippen LogP contribution in [0.5, 0.6) is 0 Å². The molecule has 0 saturated carbocycles. The Bertz CT molecular complexity index is 2410. The van der Waals surface area contributed by atoms with Gasteiger partial charge in [-0.15, -0.1) is 47.5 Å². The van der Waals surface area contributed by atoms with Crippen molar-refractivity contribution in [2.24, 2.45) is 0 Å². The third-order valence-electron chi connectivity index (χ3n) is 8.79. The van der Waals surface area contributed by atoms with Crippen molar-refractivity contribution in [3.63, 3.8) is 0 Å². The molecule has 0 saturated heterocycles. The molecule has 4 aromatic carbocycles. The monoisotopic (exact) mass is 802 g/mol. The van der Waals surface area contributed by atoms with Gasteiger partial charge >= 0.3 is 0 Å². The van der Waals surface area contributed by atoms with E-state index in [-0.39, 0.29) is 20.1 Å². The van der Waals surface area contributed by atoms with E-state index in [4.69, 9.17) is 4.42 Å². The van der Waals surface area contributed by atoms with Gasteiger partial charge in [0.15, 0.2) is 0 Å². The molecule has 0 atom stereocenters. The molecule has 0 aliphatic rings. The number of hydrogen-bond donors (Lipinski definition) is 0. The summed E-state index contributed by atoms with van der Waals surface area (Å²) >= 11 is 0. The smallest absolute Gasteiger partial charge is 0.128 e. The van der Waals surface area contributed by atoms with Gasteiger partial charge in [-0.1, -0.05) is 89.7 Å². The molecule has 5 heteroatoms. The number of hydrogen-bond acceptors (Lipinski definition) is 4. The predicted molar refractivity (Wildman–Crippen MR) is 193 cm³/mol. The zero-order valence-electron chi connectivity index (χ0n) is 27.9. The van der Waals surface area contributed by atoms with Gasteiger partial charge in [-0.25, -0.2) is 0 Å². The molecule has 8 rings (SSSR count). The first-order valence-electron chi connectivity index (χ1n) is 15.8. The van der Waals surface area contributed by atoms with Gasteiger partial charge < -0.3 is 14.4 Å². The molecule has 0 unspecified atom stereocenters. The van der Waals surface area contributed by atoms with Crippen molar-refractivity contribution in [2.75, 3.05) is 0 Å². The fourth-order valence-corrected chi connectivity index (χ4v) is 6.07. The zero-order valence-corrected chi connectivity index (χ0v) is 30.3. The molecular formula is C43H35IrN3O-2. The van der Waals surface area contributed by atoms with Crippen LogP contribution in [0.4, 0.5) is 0 Å². The summed E-state index contributed by atoms with van der Waals surface area (Å²) in [6.45, 7) is 12.4. The van der Waals surface area contributed by atoms with Crippen LogP contribution in [0.25, 0.3) is 66.4 Å². The maximum Gasteiger partial charge on any atom is 0.128 e. The third kappa shape index (κ3) is 6.32. The van der Waals surface area contributed by atoms with Crippen LogP contribution in [-0.4, -0.2) is 15.0 Å². The molecule has 4 nitrogen and oxygen atoms in total. The maximum absolute atomic E-state index is 6.39. The Morgan fingerprint density at radius 2 is 1.35 bits per heavy atom. The fraction of sp³-hybridized carbons (Fsp3) is 0.140. The Morgan fingerprint density at radius 1 is 0.604 bits per heavy atom. The van der Waals surface area contributed by atoms with Crippen molar-refractivity contribution >= 4 is 32.7 Å². The van der Waals surface area contributed by atoms with Gasteiger partial charge in [-0.05, 0) is 68.8 Å². The summed E-state index contributed by atoms with van der Waals surface area (Å²) in [5.41, 5.74) is 14.9.